The smallest absolute Gasteiger partial charge is 0.317 e. The number of nitrogens with zero attached hydrogens (tertiary/aromatic N) is 1. The molecule has 1 unspecified atom stereocenters. The second-order valence-corrected chi connectivity index (χ2v) is 5.99. The number of ketones is 1. The summed E-state index contributed by atoms with van der Waals surface area (Å²) in [6.45, 7) is 0. The predicted octanol–water partition coefficient (Wildman–Crippen LogP) is 3.11. The van der Waals surface area contributed by atoms with Crippen molar-refractivity contribution in [2.45, 2.75) is 32.1 Å². The number of Topliss-reactive ketones (excluding diaryl/α,β-unsaturated/α-hetero) is 1. The first-order valence-electron chi connectivity index (χ1n) is 6.57. The van der Waals surface area contributed by atoms with E-state index in [1.807, 2.05) is 0 Å². The minimum absolute atomic E-state index is 0.0244. The van der Waals surface area contributed by atoms with E-state index in [1.54, 1.807) is 6.07 Å². The lowest BCUT2D eigenvalue weighted by molar-refractivity contribution is -0.385. The summed E-state index contributed by atoms with van der Waals surface area (Å²) in [5.41, 5.74) is -1.12. The maximum atomic E-state index is 12.2. The number of halogens is 1. The summed E-state index contributed by atoms with van der Waals surface area (Å²) in [6.07, 6.45) is 1.87. The Labute approximate surface area is 129 Å². The Balaban J connectivity index is 2.43. The van der Waals surface area contributed by atoms with Crippen LogP contribution in [0.4, 0.5) is 5.69 Å². The van der Waals surface area contributed by atoms with Gasteiger partial charge in [0.15, 0.2) is 5.78 Å². The number of benzene rings is 1. The van der Waals surface area contributed by atoms with E-state index in [0.717, 1.165) is 0 Å². The Morgan fingerprint density at radius 1 is 1.43 bits per heavy atom. The molecule has 0 amide bonds. The molecule has 1 N–H and O–H groups in total. The zero-order chi connectivity index (χ0) is 15.6. The van der Waals surface area contributed by atoms with E-state index in [9.17, 15) is 24.8 Å². The quantitative estimate of drug-likeness (QED) is 0.508. The van der Waals surface area contributed by atoms with Crippen molar-refractivity contribution in [1.82, 2.24) is 0 Å². The van der Waals surface area contributed by atoms with Crippen LogP contribution in [0.3, 0.4) is 0 Å². The Morgan fingerprint density at radius 2 is 2.14 bits per heavy atom. The van der Waals surface area contributed by atoms with Gasteiger partial charge in [-0.15, -0.1) is 0 Å². The first-order chi connectivity index (χ1) is 9.88. The van der Waals surface area contributed by atoms with Gasteiger partial charge < -0.3 is 5.11 Å². The molecule has 0 aliphatic heterocycles. The highest BCUT2D eigenvalue weighted by Crippen LogP contribution is 2.40. The number of aliphatic carboxylic acids is 1. The number of hydrogen-bond donors (Lipinski definition) is 1. The molecule has 1 aromatic carbocycles. The molecule has 0 saturated heterocycles. The fraction of sp³-hybridized carbons (Fsp3) is 0.429. The van der Waals surface area contributed by atoms with Crippen molar-refractivity contribution in [2.24, 2.45) is 5.41 Å². The van der Waals surface area contributed by atoms with Gasteiger partial charge in [0, 0.05) is 12.5 Å². The predicted molar refractivity (Wildman–Crippen MR) is 78.0 cm³/mol. The largest absolute Gasteiger partial charge is 0.480 e. The fourth-order valence-corrected chi connectivity index (χ4v) is 3.30. The Bertz CT molecular complexity index is 615. The number of nitro benzene ring substituents is 1. The van der Waals surface area contributed by atoms with Crippen LogP contribution in [0.1, 0.15) is 31.2 Å². The van der Waals surface area contributed by atoms with Gasteiger partial charge in [-0.1, -0.05) is 18.6 Å². The van der Waals surface area contributed by atoms with E-state index < -0.39 is 16.3 Å². The molecule has 7 heteroatoms. The molecule has 1 atom stereocenters. The second kappa shape index (κ2) is 5.93. The van der Waals surface area contributed by atoms with E-state index in [2.05, 4.69) is 15.9 Å². The van der Waals surface area contributed by atoms with Gasteiger partial charge in [0.25, 0.3) is 5.69 Å². The number of nitro groups is 1. The molecule has 2 rings (SSSR count). The van der Waals surface area contributed by atoms with Crippen molar-refractivity contribution in [3.8, 4) is 0 Å². The molecule has 1 aromatic rings. The Morgan fingerprint density at radius 3 is 2.71 bits per heavy atom. The molecule has 0 radical (unpaired) electrons. The molecule has 21 heavy (non-hydrogen) atoms. The average molecular weight is 356 g/mol. The summed E-state index contributed by atoms with van der Waals surface area (Å²) < 4.78 is 0.244. The molecule has 1 fully saturated rings. The van der Waals surface area contributed by atoms with Gasteiger partial charge in [0.1, 0.15) is 5.41 Å². The molecule has 0 heterocycles. The Hall–Kier alpha value is -1.76. The van der Waals surface area contributed by atoms with Crippen LogP contribution in [0.2, 0.25) is 0 Å². The van der Waals surface area contributed by atoms with Crippen molar-refractivity contribution in [2.75, 3.05) is 0 Å². The van der Waals surface area contributed by atoms with Crippen LogP contribution in [0.25, 0.3) is 0 Å². The molecule has 0 aromatic heterocycles. The van der Waals surface area contributed by atoms with Crippen LogP contribution in [-0.4, -0.2) is 21.8 Å². The van der Waals surface area contributed by atoms with E-state index in [-0.39, 0.29) is 35.2 Å². The van der Waals surface area contributed by atoms with Crippen LogP contribution in [-0.2, 0) is 16.0 Å². The summed E-state index contributed by atoms with van der Waals surface area (Å²) in [5.74, 6) is -1.44. The summed E-state index contributed by atoms with van der Waals surface area (Å²) in [4.78, 5) is 34.2. The monoisotopic (exact) mass is 355 g/mol. The first kappa shape index (κ1) is 15.6. The van der Waals surface area contributed by atoms with Gasteiger partial charge in [0.05, 0.1) is 9.40 Å². The van der Waals surface area contributed by atoms with Gasteiger partial charge in [-0.25, -0.2) is 0 Å². The number of rotatable bonds is 4. The number of carboxylic acid groups (broad SMARTS) is 1. The molecule has 1 aliphatic carbocycles. The molecule has 6 nitrogen and oxygen atoms in total. The Kier molecular flexibility index (Phi) is 4.41. The van der Waals surface area contributed by atoms with Crippen LogP contribution in [0.5, 0.6) is 0 Å². The molecular formula is C14H14BrNO5. The van der Waals surface area contributed by atoms with Crippen LogP contribution < -0.4 is 0 Å². The number of carbonyl (C=O) groups excluding carboxylic acids is 1. The lowest BCUT2D eigenvalue weighted by Gasteiger charge is -2.31. The van der Waals surface area contributed by atoms with Crippen molar-refractivity contribution in [3.63, 3.8) is 0 Å². The standard InChI is InChI=1S/C14H14BrNO5/c15-12-9(4-3-5-10(12)16(20)21)8-14(13(18)19)7-2-1-6-11(14)17/h3-5H,1-2,6-8H2,(H,18,19). The van der Waals surface area contributed by atoms with Crippen molar-refractivity contribution in [3.05, 3.63) is 38.3 Å². The van der Waals surface area contributed by atoms with Crippen LogP contribution in [0, 0.1) is 15.5 Å². The molecule has 0 spiro atoms. The first-order valence-corrected chi connectivity index (χ1v) is 7.36. The maximum Gasteiger partial charge on any atom is 0.317 e. The van der Waals surface area contributed by atoms with E-state index in [4.69, 9.17) is 0 Å². The minimum atomic E-state index is -1.46. The van der Waals surface area contributed by atoms with Crippen LogP contribution >= 0.6 is 15.9 Å². The highest BCUT2D eigenvalue weighted by Gasteiger charge is 2.47. The third kappa shape index (κ3) is 2.83. The molecule has 112 valence electrons. The minimum Gasteiger partial charge on any atom is -0.480 e. The summed E-state index contributed by atoms with van der Waals surface area (Å²) in [6, 6.07) is 4.45. The van der Waals surface area contributed by atoms with E-state index in [0.29, 0.717) is 18.4 Å². The van der Waals surface area contributed by atoms with Gasteiger partial charge in [0.2, 0.25) is 0 Å². The van der Waals surface area contributed by atoms with Gasteiger partial charge >= 0.3 is 5.97 Å². The van der Waals surface area contributed by atoms with E-state index >= 15 is 0 Å². The lowest BCUT2D eigenvalue weighted by Crippen LogP contribution is -2.43. The maximum absolute atomic E-state index is 12.2. The highest BCUT2D eigenvalue weighted by atomic mass is 79.9. The number of hydrogen-bond acceptors (Lipinski definition) is 4. The number of carbonyl (C=O) groups is 2. The molecule has 0 bridgehead atoms. The zero-order valence-electron chi connectivity index (χ0n) is 11.2. The lowest BCUT2D eigenvalue weighted by atomic mass is 9.69. The van der Waals surface area contributed by atoms with Gasteiger partial charge in [-0.3, -0.25) is 19.7 Å². The van der Waals surface area contributed by atoms with Gasteiger partial charge in [-0.2, -0.15) is 0 Å². The average Bonchev–Trinajstić information content (AvgIpc) is 2.43. The second-order valence-electron chi connectivity index (χ2n) is 5.20. The summed E-state index contributed by atoms with van der Waals surface area (Å²) in [7, 11) is 0. The third-order valence-electron chi connectivity index (χ3n) is 3.95. The molecular weight excluding hydrogens is 342 g/mol. The van der Waals surface area contributed by atoms with Crippen molar-refractivity contribution in [1.29, 1.82) is 0 Å². The fourth-order valence-electron chi connectivity index (χ4n) is 2.75. The molecule has 1 saturated carbocycles. The normalized spacial score (nSPS) is 22.0. The molecule has 1 aliphatic rings. The van der Waals surface area contributed by atoms with Gasteiger partial charge in [-0.05, 0) is 40.8 Å². The van der Waals surface area contributed by atoms with Crippen molar-refractivity contribution < 1.29 is 19.6 Å². The van der Waals surface area contributed by atoms with Crippen molar-refractivity contribution >= 4 is 33.4 Å². The summed E-state index contributed by atoms with van der Waals surface area (Å²) >= 11 is 3.16. The number of carboxylic acids is 1. The summed E-state index contributed by atoms with van der Waals surface area (Å²) in [5, 5.41) is 20.5. The topological polar surface area (TPSA) is 97.5 Å². The van der Waals surface area contributed by atoms with E-state index in [1.165, 1.54) is 12.1 Å². The third-order valence-corrected chi connectivity index (χ3v) is 4.86. The zero-order valence-corrected chi connectivity index (χ0v) is 12.8. The highest BCUT2D eigenvalue weighted by molar-refractivity contribution is 9.10. The SMILES string of the molecule is O=C(O)C1(Cc2cccc([N+](=O)[O-])c2Br)CCCCC1=O. The van der Waals surface area contributed by atoms with Crippen LogP contribution in [0.15, 0.2) is 22.7 Å².